The highest BCUT2D eigenvalue weighted by molar-refractivity contribution is 6.30. The molecule has 1 aromatic carbocycles. The smallest absolute Gasteiger partial charge is 0.0508 e. The summed E-state index contributed by atoms with van der Waals surface area (Å²) in [4.78, 5) is 2.44. The zero-order chi connectivity index (χ0) is 15.5. The highest BCUT2D eigenvalue weighted by atomic mass is 35.5. The van der Waals surface area contributed by atoms with Crippen LogP contribution in [0.5, 0.6) is 0 Å². The summed E-state index contributed by atoms with van der Waals surface area (Å²) in [5.74, 6) is 0.623. The van der Waals surface area contributed by atoms with Crippen molar-refractivity contribution in [2.45, 2.75) is 39.3 Å². The maximum Gasteiger partial charge on any atom is 0.0508 e. The van der Waals surface area contributed by atoms with E-state index in [9.17, 15) is 0 Å². The van der Waals surface area contributed by atoms with Gasteiger partial charge in [0.15, 0.2) is 0 Å². The third-order valence-electron chi connectivity index (χ3n) is 3.89. The molecule has 1 aliphatic rings. The lowest BCUT2D eigenvalue weighted by atomic mass is 10.1. The monoisotopic (exact) mass is 310 g/mol. The van der Waals surface area contributed by atoms with Crippen molar-refractivity contribution in [1.82, 2.24) is 5.32 Å². The lowest BCUT2D eigenvalue weighted by molar-refractivity contribution is 0.161. The quantitative estimate of drug-likeness (QED) is 0.897. The minimum atomic E-state index is 0.112. The Morgan fingerprint density at radius 2 is 2.14 bits per heavy atom. The van der Waals surface area contributed by atoms with Gasteiger partial charge in [-0.3, -0.25) is 0 Å². The highest BCUT2D eigenvalue weighted by Gasteiger charge is 2.24. The van der Waals surface area contributed by atoms with Crippen molar-refractivity contribution >= 4 is 17.3 Å². The molecule has 0 bridgehead atoms. The number of hydrogen-bond donors (Lipinski definition) is 1. The van der Waals surface area contributed by atoms with Crippen molar-refractivity contribution in [2.24, 2.45) is 5.92 Å². The Morgan fingerprint density at radius 3 is 2.81 bits per heavy atom. The summed E-state index contributed by atoms with van der Waals surface area (Å²) < 4.78 is 5.29. The Bertz CT molecular complexity index is 470. The Morgan fingerprint density at radius 1 is 1.38 bits per heavy atom. The van der Waals surface area contributed by atoms with Crippen molar-refractivity contribution in [3.63, 3.8) is 0 Å². The Kier molecular flexibility index (Phi) is 5.53. The van der Waals surface area contributed by atoms with E-state index in [-0.39, 0.29) is 5.54 Å². The number of halogens is 1. The Labute approximate surface area is 133 Å². The van der Waals surface area contributed by atoms with Crippen LogP contribution in [0.25, 0.3) is 0 Å². The fourth-order valence-electron chi connectivity index (χ4n) is 2.76. The van der Waals surface area contributed by atoms with Crippen LogP contribution in [0.15, 0.2) is 18.2 Å². The molecule has 0 saturated carbocycles. The first-order valence-electron chi connectivity index (χ1n) is 7.66. The Balaban J connectivity index is 2.12. The molecule has 1 aliphatic heterocycles. The molecule has 1 unspecified atom stereocenters. The Hall–Kier alpha value is -0.770. The normalized spacial score (nSPS) is 19.3. The first kappa shape index (κ1) is 16.6. The van der Waals surface area contributed by atoms with E-state index in [4.69, 9.17) is 16.3 Å². The first-order valence-corrected chi connectivity index (χ1v) is 8.04. The van der Waals surface area contributed by atoms with Crippen molar-refractivity contribution in [2.75, 3.05) is 31.7 Å². The molecular weight excluding hydrogens is 284 g/mol. The molecule has 2 rings (SSSR count). The number of nitrogens with zero attached hydrogens (tertiary/aromatic N) is 1. The number of methoxy groups -OCH3 is 1. The number of rotatable bonds is 5. The van der Waals surface area contributed by atoms with Crippen LogP contribution in [0.3, 0.4) is 0 Å². The second-order valence-corrected chi connectivity index (χ2v) is 7.37. The second kappa shape index (κ2) is 6.99. The molecule has 1 saturated heterocycles. The van der Waals surface area contributed by atoms with Gasteiger partial charge in [-0.15, -0.1) is 0 Å². The predicted molar refractivity (Wildman–Crippen MR) is 90.2 cm³/mol. The molecule has 0 spiro atoms. The average Bonchev–Trinajstić information content (AvgIpc) is 2.85. The summed E-state index contributed by atoms with van der Waals surface area (Å²) in [5, 5.41) is 4.37. The van der Waals surface area contributed by atoms with E-state index in [1.807, 2.05) is 6.07 Å². The SMILES string of the molecule is COCC1CCN(c2cc(Cl)ccc2CNC(C)(C)C)C1. The van der Waals surface area contributed by atoms with Crippen LogP contribution >= 0.6 is 11.6 Å². The molecule has 0 amide bonds. The minimum Gasteiger partial charge on any atom is -0.384 e. The van der Waals surface area contributed by atoms with Crippen molar-refractivity contribution in [3.05, 3.63) is 28.8 Å². The molecule has 3 nitrogen and oxygen atoms in total. The van der Waals surface area contributed by atoms with Gasteiger partial charge in [-0.25, -0.2) is 0 Å². The van der Waals surface area contributed by atoms with Crippen molar-refractivity contribution in [1.29, 1.82) is 0 Å². The molecule has 1 heterocycles. The van der Waals surface area contributed by atoms with E-state index in [0.717, 1.165) is 31.3 Å². The molecule has 21 heavy (non-hydrogen) atoms. The van der Waals surface area contributed by atoms with Gasteiger partial charge in [-0.2, -0.15) is 0 Å². The predicted octanol–water partition coefficient (Wildman–Crippen LogP) is 3.70. The van der Waals surface area contributed by atoms with Gasteiger partial charge in [0.05, 0.1) is 6.61 Å². The van der Waals surface area contributed by atoms with Crippen LogP contribution in [0.1, 0.15) is 32.8 Å². The number of hydrogen-bond acceptors (Lipinski definition) is 3. The zero-order valence-electron chi connectivity index (χ0n) is 13.6. The summed E-state index contributed by atoms with van der Waals surface area (Å²) in [5.41, 5.74) is 2.69. The topological polar surface area (TPSA) is 24.5 Å². The molecular formula is C17H27ClN2O. The van der Waals surface area contributed by atoms with E-state index in [1.165, 1.54) is 17.7 Å². The fraction of sp³-hybridized carbons (Fsp3) is 0.647. The van der Waals surface area contributed by atoms with Crippen molar-refractivity contribution < 1.29 is 4.74 Å². The molecule has 118 valence electrons. The second-order valence-electron chi connectivity index (χ2n) is 6.93. The van der Waals surface area contributed by atoms with Gasteiger partial charge in [-0.1, -0.05) is 17.7 Å². The van der Waals surface area contributed by atoms with Crippen LogP contribution in [0.2, 0.25) is 5.02 Å². The van der Waals surface area contributed by atoms with E-state index >= 15 is 0 Å². The first-order chi connectivity index (χ1) is 9.89. The summed E-state index contributed by atoms with van der Waals surface area (Å²) in [6.07, 6.45) is 1.19. The van der Waals surface area contributed by atoms with E-state index in [1.54, 1.807) is 7.11 Å². The maximum atomic E-state index is 6.21. The van der Waals surface area contributed by atoms with E-state index in [0.29, 0.717) is 5.92 Å². The summed E-state index contributed by atoms with van der Waals surface area (Å²) in [6.45, 7) is 10.4. The van der Waals surface area contributed by atoms with Gasteiger partial charge < -0.3 is 15.0 Å². The summed E-state index contributed by atoms with van der Waals surface area (Å²) in [6, 6.07) is 6.21. The molecule has 1 aromatic rings. The number of anilines is 1. The molecule has 4 heteroatoms. The standard InChI is InChI=1S/C17H27ClN2O/c1-17(2,3)19-10-14-5-6-15(18)9-16(14)20-8-7-13(11-20)12-21-4/h5-6,9,13,19H,7-8,10-12H2,1-4H3. The molecule has 1 N–H and O–H groups in total. The third-order valence-corrected chi connectivity index (χ3v) is 4.12. The molecule has 0 aliphatic carbocycles. The van der Waals surface area contributed by atoms with Crippen LogP contribution in [0, 0.1) is 5.92 Å². The minimum absolute atomic E-state index is 0.112. The average molecular weight is 311 g/mol. The van der Waals surface area contributed by atoms with Crippen LogP contribution in [-0.4, -0.2) is 32.3 Å². The molecule has 0 aromatic heterocycles. The zero-order valence-corrected chi connectivity index (χ0v) is 14.3. The van der Waals surface area contributed by atoms with Crippen molar-refractivity contribution in [3.8, 4) is 0 Å². The van der Waals surface area contributed by atoms with Crippen LogP contribution in [-0.2, 0) is 11.3 Å². The van der Waals surface area contributed by atoms with Gasteiger partial charge in [0.1, 0.15) is 0 Å². The fourth-order valence-corrected chi connectivity index (χ4v) is 2.93. The highest BCUT2D eigenvalue weighted by Crippen LogP contribution is 2.30. The lowest BCUT2D eigenvalue weighted by Gasteiger charge is -2.26. The van der Waals surface area contributed by atoms with Gasteiger partial charge >= 0.3 is 0 Å². The summed E-state index contributed by atoms with van der Waals surface area (Å²) in [7, 11) is 1.78. The number of nitrogens with one attached hydrogen (secondary N) is 1. The molecule has 0 radical (unpaired) electrons. The number of benzene rings is 1. The van der Waals surface area contributed by atoms with Crippen LogP contribution < -0.4 is 10.2 Å². The van der Waals surface area contributed by atoms with Crippen LogP contribution in [0.4, 0.5) is 5.69 Å². The molecule has 1 fully saturated rings. The van der Waals surface area contributed by atoms with E-state index < -0.39 is 0 Å². The third kappa shape index (κ3) is 4.87. The van der Waals surface area contributed by atoms with E-state index in [2.05, 4.69) is 43.1 Å². The lowest BCUT2D eigenvalue weighted by Crippen LogP contribution is -2.35. The van der Waals surface area contributed by atoms with Gasteiger partial charge in [0.2, 0.25) is 0 Å². The van der Waals surface area contributed by atoms with Gasteiger partial charge in [0.25, 0.3) is 0 Å². The number of ether oxygens (including phenoxy) is 1. The van der Waals surface area contributed by atoms with Gasteiger partial charge in [0, 0.05) is 48.9 Å². The molecule has 1 atom stereocenters. The van der Waals surface area contributed by atoms with Gasteiger partial charge in [-0.05, 0) is 44.9 Å². The largest absolute Gasteiger partial charge is 0.384 e. The maximum absolute atomic E-state index is 6.21. The summed E-state index contributed by atoms with van der Waals surface area (Å²) >= 11 is 6.21.